The Morgan fingerprint density at radius 3 is 2.53 bits per heavy atom. The van der Waals surface area contributed by atoms with Crippen molar-refractivity contribution in [2.75, 3.05) is 11.5 Å². The van der Waals surface area contributed by atoms with Gasteiger partial charge < -0.3 is 5.73 Å². The molecule has 0 radical (unpaired) electrons. The third-order valence-corrected chi connectivity index (χ3v) is 5.65. The Hall–Kier alpha value is -0.740. The fourth-order valence-corrected chi connectivity index (χ4v) is 4.87. The van der Waals surface area contributed by atoms with Crippen molar-refractivity contribution >= 4 is 27.1 Å². The molecule has 1 fully saturated rings. The van der Waals surface area contributed by atoms with Gasteiger partial charge in [-0.2, -0.15) is 0 Å². The van der Waals surface area contributed by atoms with Gasteiger partial charge in [0.2, 0.25) is 0 Å². The van der Waals surface area contributed by atoms with Crippen LogP contribution in [-0.2, 0) is 9.84 Å². The van der Waals surface area contributed by atoms with Crippen LogP contribution in [0, 0.1) is 5.92 Å². The number of rotatable bonds is 3. The van der Waals surface area contributed by atoms with E-state index in [1.807, 2.05) is 0 Å². The summed E-state index contributed by atoms with van der Waals surface area (Å²) < 4.78 is 24.5. The predicted octanol–water partition coefficient (Wildman–Crippen LogP) is 2.89. The van der Waals surface area contributed by atoms with Crippen molar-refractivity contribution in [2.24, 2.45) is 5.92 Å². The van der Waals surface area contributed by atoms with E-state index in [9.17, 15) is 8.42 Å². The zero-order valence-electron chi connectivity index (χ0n) is 9.52. The summed E-state index contributed by atoms with van der Waals surface area (Å²) in [6.45, 7) is 0. The summed E-state index contributed by atoms with van der Waals surface area (Å²) in [7, 11) is -3.36. The number of hydrogen-bond acceptors (Lipinski definition) is 3. The van der Waals surface area contributed by atoms with E-state index in [4.69, 9.17) is 17.3 Å². The first-order chi connectivity index (χ1) is 8.00. The van der Waals surface area contributed by atoms with Gasteiger partial charge in [0.1, 0.15) is 4.90 Å². The lowest BCUT2D eigenvalue weighted by Crippen LogP contribution is -2.16. The Bertz CT molecular complexity index is 487. The van der Waals surface area contributed by atoms with Gasteiger partial charge in [-0.15, -0.1) is 0 Å². The molecule has 0 unspecified atom stereocenters. The minimum Gasteiger partial charge on any atom is -0.398 e. The number of benzene rings is 1. The smallest absolute Gasteiger partial charge is 0.182 e. The lowest BCUT2D eigenvalue weighted by molar-refractivity contribution is 0.559. The molecule has 0 bridgehead atoms. The van der Waals surface area contributed by atoms with Gasteiger partial charge >= 0.3 is 0 Å². The molecule has 1 aromatic carbocycles. The van der Waals surface area contributed by atoms with Crippen LogP contribution in [0.1, 0.15) is 25.7 Å². The quantitative estimate of drug-likeness (QED) is 0.862. The van der Waals surface area contributed by atoms with Crippen LogP contribution in [0.2, 0.25) is 5.02 Å². The molecule has 0 atom stereocenters. The van der Waals surface area contributed by atoms with E-state index in [1.54, 1.807) is 18.2 Å². The first-order valence-corrected chi connectivity index (χ1v) is 7.80. The molecule has 0 amide bonds. The molecule has 0 aliphatic heterocycles. The van der Waals surface area contributed by atoms with Crippen molar-refractivity contribution in [3.8, 4) is 0 Å². The lowest BCUT2D eigenvalue weighted by atomic mass is 10.1. The summed E-state index contributed by atoms with van der Waals surface area (Å²) in [5.41, 5.74) is 5.96. The molecule has 2 rings (SSSR count). The lowest BCUT2D eigenvalue weighted by Gasteiger charge is -2.12. The predicted molar refractivity (Wildman–Crippen MR) is 69.9 cm³/mol. The van der Waals surface area contributed by atoms with Crippen LogP contribution >= 0.6 is 11.6 Å². The third kappa shape index (κ3) is 2.75. The zero-order chi connectivity index (χ0) is 12.5. The van der Waals surface area contributed by atoms with Crippen LogP contribution in [0.4, 0.5) is 5.69 Å². The minimum atomic E-state index is -3.36. The van der Waals surface area contributed by atoms with E-state index < -0.39 is 9.84 Å². The van der Waals surface area contributed by atoms with Gasteiger partial charge in [-0.05, 0) is 30.9 Å². The maximum Gasteiger partial charge on any atom is 0.182 e. The number of hydrogen-bond donors (Lipinski definition) is 1. The third-order valence-electron chi connectivity index (χ3n) is 3.24. The van der Waals surface area contributed by atoms with Gasteiger partial charge in [0.05, 0.1) is 16.5 Å². The molecule has 1 aliphatic rings. The fraction of sp³-hybridized carbons (Fsp3) is 0.500. The molecular formula is C12H16ClNO2S. The molecule has 0 spiro atoms. The molecule has 0 saturated heterocycles. The Kier molecular flexibility index (Phi) is 3.64. The van der Waals surface area contributed by atoms with Gasteiger partial charge in [-0.3, -0.25) is 0 Å². The number of sulfone groups is 1. The van der Waals surface area contributed by atoms with Crippen molar-refractivity contribution in [1.82, 2.24) is 0 Å². The Morgan fingerprint density at radius 1 is 1.29 bits per heavy atom. The average Bonchev–Trinajstić information content (AvgIpc) is 2.68. The summed E-state index contributed by atoms with van der Waals surface area (Å²) in [6.07, 6.45) is 4.23. The molecular weight excluding hydrogens is 258 g/mol. The number of nitrogens with two attached hydrogens (primary N) is 1. The van der Waals surface area contributed by atoms with Gasteiger partial charge in [-0.25, -0.2) is 8.42 Å². The number of nitrogen functional groups attached to an aromatic ring is 1. The first kappa shape index (κ1) is 12.7. The highest BCUT2D eigenvalue weighted by molar-refractivity contribution is 7.91. The fourth-order valence-electron chi connectivity index (χ4n) is 2.42. The van der Waals surface area contributed by atoms with E-state index in [-0.39, 0.29) is 27.3 Å². The Balaban J connectivity index is 2.31. The van der Waals surface area contributed by atoms with Crippen molar-refractivity contribution in [3.05, 3.63) is 23.2 Å². The minimum absolute atomic E-state index is 0.105. The first-order valence-electron chi connectivity index (χ1n) is 5.77. The number of anilines is 1. The molecule has 1 saturated carbocycles. The molecule has 0 heterocycles. The van der Waals surface area contributed by atoms with E-state index in [1.165, 1.54) is 0 Å². The van der Waals surface area contributed by atoms with Crippen LogP contribution in [-0.4, -0.2) is 14.2 Å². The van der Waals surface area contributed by atoms with Crippen molar-refractivity contribution in [3.63, 3.8) is 0 Å². The second-order valence-corrected chi connectivity index (χ2v) is 6.97. The van der Waals surface area contributed by atoms with Crippen LogP contribution in [0.15, 0.2) is 23.1 Å². The van der Waals surface area contributed by atoms with Crippen molar-refractivity contribution in [2.45, 2.75) is 30.6 Å². The summed E-state index contributed by atoms with van der Waals surface area (Å²) in [6, 6.07) is 4.80. The molecule has 3 nitrogen and oxygen atoms in total. The van der Waals surface area contributed by atoms with Gasteiger partial charge in [0, 0.05) is 0 Å². The van der Waals surface area contributed by atoms with Crippen molar-refractivity contribution in [1.29, 1.82) is 0 Å². The second-order valence-electron chi connectivity index (χ2n) is 4.59. The van der Waals surface area contributed by atoms with E-state index in [0.717, 1.165) is 25.7 Å². The number of halogens is 1. The van der Waals surface area contributed by atoms with Gasteiger partial charge in [-0.1, -0.05) is 30.5 Å². The van der Waals surface area contributed by atoms with Crippen LogP contribution < -0.4 is 5.73 Å². The summed E-state index contributed by atoms with van der Waals surface area (Å²) >= 11 is 5.94. The Labute approximate surface area is 107 Å². The largest absolute Gasteiger partial charge is 0.398 e. The summed E-state index contributed by atoms with van der Waals surface area (Å²) in [5.74, 6) is 0.427. The Morgan fingerprint density at radius 2 is 1.94 bits per heavy atom. The topological polar surface area (TPSA) is 60.2 Å². The van der Waals surface area contributed by atoms with E-state index in [0.29, 0.717) is 0 Å². The summed E-state index contributed by atoms with van der Waals surface area (Å²) in [4.78, 5) is 0.105. The van der Waals surface area contributed by atoms with E-state index in [2.05, 4.69) is 0 Å². The maximum absolute atomic E-state index is 12.3. The highest BCUT2D eigenvalue weighted by Gasteiger charge is 2.27. The van der Waals surface area contributed by atoms with Crippen LogP contribution in [0.5, 0.6) is 0 Å². The molecule has 94 valence electrons. The standard InChI is InChI=1S/C12H16ClNO2S/c13-10-6-3-7-11(14)12(10)17(15,16)8-9-4-1-2-5-9/h3,6-7,9H,1-2,4-5,8,14H2. The maximum atomic E-state index is 12.3. The van der Waals surface area contributed by atoms with E-state index >= 15 is 0 Å². The highest BCUT2D eigenvalue weighted by Crippen LogP contribution is 2.33. The molecule has 17 heavy (non-hydrogen) atoms. The monoisotopic (exact) mass is 273 g/mol. The molecule has 2 N–H and O–H groups in total. The SMILES string of the molecule is Nc1cccc(Cl)c1S(=O)(=O)CC1CCCC1. The normalized spacial score (nSPS) is 17.5. The summed E-state index contributed by atoms with van der Waals surface area (Å²) in [5, 5.41) is 0.225. The highest BCUT2D eigenvalue weighted by atomic mass is 35.5. The van der Waals surface area contributed by atoms with Gasteiger partial charge in [0.25, 0.3) is 0 Å². The second kappa shape index (κ2) is 4.86. The molecule has 0 aromatic heterocycles. The van der Waals surface area contributed by atoms with Crippen LogP contribution in [0.25, 0.3) is 0 Å². The molecule has 1 aliphatic carbocycles. The van der Waals surface area contributed by atoms with Gasteiger partial charge in [0.15, 0.2) is 9.84 Å². The molecule has 1 aromatic rings. The zero-order valence-corrected chi connectivity index (χ0v) is 11.1. The van der Waals surface area contributed by atoms with Crippen LogP contribution in [0.3, 0.4) is 0 Å². The van der Waals surface area contributed by atoms with Crippen molar-refractivity contribution < 1.29 is 8.42 Å². The average molecular weight is 274 g/mol. The molecule has 5 heteroatoms.